The molecule has 2 heterocycles. The molecule has 3 rings (SSSR count). The van der Waals surface area contributed by atoms with Gasteiger partial charge in [-0.2, -0.15) is 13.2 Å². The summed E-state index contributed by atoms with van der Waals surface area (Å²) in [4.78, 5) is 24.7. The normalized spacial score (nSPS) is 16.7. The molecule has 0 spiro atoms. The zero-order chi connectivity index (χ0) is 21.7. The fraction of sp³-hybridized carbons (Fsp3) is 0.368. The number of hydrogen-bond acceptors (Lipinski definition) is 3. The van der Waals surface area contributed by atoms with E-state index < -0.39 is 30.5 Å². The van der Waals surface area contributed by atoms with Crippen LogP contribution < -0.4 is 21.3 Å². The standard InChI is InChI=1S/C19H21F4N5O2/c20-12-3-1-5-14(7-12)28-9-15(17(29)26-13-4-2-6-24-8-13)16(10-28)27-18(30)25-11-19(21,22)23/h1,3,5,7,9-10,13,24H,2,4,6,8,11H2,(H,26,29)(H2,25,27,30)/t13-/m0/s1. The van der Waals surface area contributed by atoms with Crippen LogP contribution in [0.3, 0.4) is 0 Å². The van der Waals surface area contributed by atoms with E-state index in [0.29, 0.717) is 12.2 Å². The number of aromatic nitrogens is 1. The minimum atomic E-state index is -4.57. The molecule has 162 valence electrons. The smallest absolute Gasteiger partial charge is 0.348 e. The average Bonchev–Trinajstić information content (AvgIpc) is 3.10. The van der Waals surface area contributed by atoms with Crippen molar-refractivity contribution in [2.24, 2.45) is 0 Å². The van der Waals surface area contributed by atoms with Gasteiger partial charge in [-0.05, 0) is 37.6 Å². The van der Waals surface area contributed by atoms with Crippen molar-refractivity contribution in [1.82, 2.24) is 20.5 Å². The van der Waals surface area contributed by atoms with Crippen LogP contribution in [0.1, 0.15) is 23.2 Å². The minimum Gasteiger partial charge on any atom is -0.348 e. The minimum absolute atomic E-state index is 0.000189. The summed E-state index contributed by atoms with van der Waals surface area (Å²) in [6.45, 7) is -0.0710. The number of nitrogens with one attached hydrogen (secondary N) is 4. The molecule has 1 atom stereocenters. The van der Waals surface area contributed by atoms with Gasteiger partial charge >= 0.3 is 12.2 Å². The van der Waals surface area contributed by atoms with Crippen molar-refractivity contribution in [2.45, 2.75) is 25.1 Å². The number of urea groups is 1. The molecular weight excluding hydrogens is 406 g/mol. The molecule has 4 N–H and O–H groups in total. The van der Waals surface area contributed by atoms with E-state index in [0.717, 1.165) is 19.4 Å². The molecule has 7 nitrogen and oxygen atoms in total. The monoisotopic (exact) mass is 427 g/mol. The van der Waals surface area contributed by atoms with Crippen LogP contribution in [0.4, 0.5) is 28.0 Å². The molecule has 2 aromatic rings. The highest BCUT2D eigenvalue weighted by Crippen LogP contribution is 2.22. The molecule has 3 amide bonds. The lowest BCUT2D eigenvalue weighted by Crippen LogP contribution is -2.45. The maximum Gasteiger partial charge on any atom is 0.405 e. The van der Waals surface area contributed by atoms with E-state index in [1.54, 1.807) is 11.4 Å². The number of benzene rings is 1. The molecule has 1 fully saturated rings. The third-order valence-electron chi connectivity index (χ3n) is 4.51. The number of piperidine rings is 1. The second kappa shape index (κ2) is 9.16. The van der Waals surface area contributed by atoms with Gasteiger partial charge in [-0.1, -0.05) is 6.07 Å². The van der Waals surface area contributed by atoms with Crippen LogP contribution in [0.15, 0.2) is 36.7 Å². The van der Waals surface area contributed by atoms with E-state index >= 15 is 0 Å². The second-order valence-electron chi connectivity index (χ2n) is 6.91. The van der Waals surface area contributed by atoms with Gasteiger partial charge in [0.2, 0.25) is 0 Å². The fourth-order valence-corrected chi connectivity index (χ4v) is 3.11. The third kappa shape index (κ3) is 5.96. The van der Waals surface area contributed by atoms with Crippen molar-refractivity contribution in [3.8, 4) is 5.69 Å². The first-order valence-corrected chi connectivity index (χ1v) is 9.32. The van der Waals surface area contributed by atoms with Crippen LogP contribution in [0, 0.1) is 5.82 Å². The fourth-order valence-electron chi connectivity index (χ4n) is 3.11. The number of anilines is 1. The molecule has 30 heavy (non-hydrogen) atoms. The van der Waals surface area contributed by atoms with Crippen molar-refractivity contribution in [3.05, 3.63) is 48.0 Å². The van der Waals surface area contributed by atoms with Gasteiger partial charge in [0, 0.05) is 30.7 Å². The number of halogens is 4. The molecule has 11 heteroatoms. The zero-order valence-electron chi connectivity index (χ0n) is 15.9. The molecule has 1 aliphatic heterocycles. The number of amides is 3. The quantitative estimate of drug-likeness (QED) is 0.554. The van der Waals surface area contributed by atoms with Gasteiger partial charge < -0.3 is 25.8 Å². The molecule has 0 aliphatic carbocycles. The lowest BCUT2D eigenvalue weighted by atomic mass is 10.1. The zero-order valence-corrected chi connectivity index (χ0v) is 15.9. The molecule has 0 bridgehead atoms. The molecule has 1 aliphatic rings. The average molecular weight is 427 g/mol. The maximum atomic E-state index is 13.6. The first-order chi connectivity index (χ1) is 14.2. The Balaban J connectivity index is 1.82. The predicted molar refractivity (Wildman–Crippen MR) is 102 cm³/mol. The lowest BCUT2D eigenvalue weighted by molar-refractivity contribution is -0.122. The van der Waals surface area contributed by atoms with Gasteiger partial charge in [0.25, 0.3) is 5.91 Å². The van der Waals surface area contributed by atoms with E-state index in [1.807, 2.05) is 0 Å². The summed E-state index contributed by atoms with van der Waals surface area (Å²) in [6, 6.07) is 4.30. The van der Waals surface area contributed by atoms with Crippen LogP contribution >= 0.6 is 0 Å². The summed E-state index contributed by atoms with van der Waals surface area (Å²) in [6.07, 6.45) is -0.173. The van der Waals surface area contributed by atoms with Crippen molar-refractivity contribution < 1.29 is 27.2 Å². The predicted octanol–water partition coefficient (Wildman–Crippen LogP) is 2.78. The highest BCUT2D eigenvalue weighted by Gasteiger charge is 2.28. The number of nitrogens with zero attached hydrogens (tertiary/aromatic N) is 1. The Morgan fingerprint density at radius 1 is 1.23 bits per heavy atom. The highest BCUT2D eigenvalue weighted by atomic mass is 19.4. The van der Waals surface area contributed by atoms with Gasteiger partial charge in [0.05, 0.1) is 11.3 Å². The maximum absolute atomic E-state index is 13.6. The van der Waals surface area contributed by atoms with Crippen LogP contribution in [-0.4, -0.2) is 48.4 Å². The number of carbonyl (C=O) groups is 2. The van der Waals surface area contributed by atoms with Crippen LogP contribution in [0.2, 0.25) is 0 Å². The van der Waals surface area contributed by atoms with Gasteiger partial charge in [-0.25, -0.2) is 9.18 Å². The molecule has 0 radical (unpaired) electrons. The lowest BCUT2D eigenvalue weighted by Gasteiger charge is -2.23. The summed E-state index contributed by atoms with van der Waals surface area (Å²) >= 11 is 0. The van der Waals surface area contributed by atoms with Gasteiger partial charge in [-0.3, -0.25) is 4.79 Å². The Morgan fingerprint density at radius 2 is 2.03 bits per heavy atom. The number of carbonyl (C=O) groups excluding carboxylic acids is 2. The molecule has 0 saturated carbocycles. The summed E-state index contributed by atoms with van der Waals surface area (Å²) in [5, 5.41) is 9.96. The number of rotatable bonds is 5. The third-order valence-corrected chi connectivity index (χ3v) is 4.51. The highest BCUT2D eigenvalue weighted by molar-refractivity contribution is 6.03. The Hall–Kier alpha value is -3.08. The molecule has 1 aromatic heterocycles. The van der Waals surface area contributed by atoms with Gasteiger partial charge in [0.1, 0.15) is 12.4 Å². The molecule has 1 aromatic carbocycles. The molecule has 1 saturated heterocycles. The first kappa shape index (κ1) is 21.6. The van der Waals surface area contributed by atoms with Crippen molar-refractivity contribution >= 4 is 17.6 Å². The molecule has 0 unspecified atom stereocenters. The Labute approximate surface area is 169 Å². The van der Waals surface area contributed by atoms with Crippen molar-refractivity contribution in [2.75, 3.05) is 25.0 Å². The summed E-state index contributed by atoms with van der Waals surface area (Å²) in [5.74, 6) is -0.997. The van der Waals surface area contributed by atoms with E-state index in [1.165, 1.54) is 35.2 Å². The van der Waals surface area contributed by atoms with E-state index in [4.69, 9.17) is 0 Å². The largest absolute Gasteiger partial charge is 0.405 e. The Bertz CT molecular complexity index is 907. The summed E-state index contributed by atoms with van der Waals surface area (Å²) in [5.41, 5.74) is 0.430. The number of hydrogen-bond donors (Lipinski definition) is 4. The summed E-state index contributed by atoms with van der Waals surface area (Å²) < 4.78 is 52.0. The summed E-state index contributed by atoms with van der Waals surface area (Å²) in [7, 11) is 0. The topological polar surface area (TPSA) is 87.2 Å². The van der Waals surface area contributed by atoms with E-state index in [2.05, 4.69) is 16.0 Å². The Morgan fingerprint density at radius 3 is 2.70 bits per heavy atom. The van der Waals surface area contributed by atoms with Gasteiger partial charge in [-0.15, -0.1) is 0 Å². The van der Waals surface area contributed by atoms with Crippen molar-refractivity contribution in [3.63, 3.8) is 0 Å². The van der Waals surface area contributed by atoms with Gasteiger partial charge in [0.15, 0.2) is 0 Å². The van der Waals surface area contributed by atoms with E-state index in [9.17, 15) is 27.2 Å². The van der Waals surface area contributed by atoms with Crippen LogP contribution in [0.25, 0.3) is 5.69 Å². The van der Waals surface area contributed by atoms with Crippen LogP contribution in [0.5, 0.6) is 0 Å². The van der Waals surface area contributed by atoms with E-state index in [-0.39, 0.29) is 17.3 Å². The second-order valence-corrected chi connectivity index (χ2v) is 6.91. The van der Waals surface area contributed by atoms with Crippen molar-refractivity contribution in [1.29, 1.82) is 0 Å². The molecular formula is C19H21F4N5O2. The van der Waals surface area contributed by atoms with Crippen LogP contribution in [-0.2, 0) is 0 Å². The number of alkyl halides is 3. The Kier molecular flexibility index (Phi) is 6.60. The SMILES string of the molecule is O=C(NCC(F)(F)F)Nc1cn(-c2cccc(F)c2)cc1C(=O)N[C@H]1CCCNC1. The first-order valence-electron chi connectivity index (χ1n) is 9.32.